The molecule has 0 aromatic heterocycles. The zero-order chi connectivity index (χ0) is 13.3. The van der Waals surface area contributed by atoms with Crippen molar-refractivity contribution in [3.63, 3.8) is 0 Å². The second-order valence-corrected chi connectivity index (χ2v) is 5.28. The molecule has 2 N–H and O–H groups in total. The van der Waals surface area contributed by atoms with Crippen molar-refractivity contribution < 1.29 is 9.13 Å². The van der Waals surface area contributed by atoms with Gasteiger partial charge in [-0.15, -0.1) is 0 Å². The van der Waals surface area contributed by atoms with E-state index in [9.17, 15) is 4.39 Å². The van der Waals surface area contributed by atoms with E-state index in [0.29, 0.717) is 11.3 Å². The number of benzene rings is 1. The molecule has 0 aliphatic heterocycles. The molecule has 1 fully saturated rings. The quantitative estimate of drug-likeness (QED) is 0.890. The Kier molecular flexibility index (Phi) is 3.62. The molecule has 2 nitrogen and oxygen atoms in total. The topological polar surface area (TPSA) is 35.2 Å². The van der Waals surface area contributed by atoms with Crippen LogP contribution in [0.5, 0.6) is 5.75 Å². The molecule has 1 aliphatic rings. The number of nitrogens with two attached hydrogens (primary N) is 1. The van der Waals surface area contributed by atoms with Crippen molar-refractivity contribution >= 4 is 0 Å². The first-order valence-corrected chi connectivity index (χ1v) is 6.72. The fraction of sp³-hybridized carbons (Fsp3) is 0.600. The van der Waals surface area contributed by atoms with Crippen LogP contribution in [0.1, 0.15) is 38.7 Å². The Balaban J connectivity index is 2.18. The van der Waals surface area contributed by atoms with Crippen molar-refractivity contribution in [2.45, 2.75) is 52.2 Å². The SMILES string of the molecule is CCC1(CC)C(N)CC1Oc1cccc(C)c1F. The number of rotatable bonds is 4. The summed E-state index contributed by atoms with van der Waals surface area (Å²) in [5, 5.41) is 0. The Morgan fingerprint density at radius 1 is 1.39 bits per heavy atom. The molecule has 0 radical (unpaired) electrons. The van der Waals surface area contributed by atoms with E-state index in [-0.39, 0.29) is 23.4 Å². The van der Waals surface area contributed by atoms with Crippen molar-refractivity contribution in [3.05, 3.63) is 29.6 Å². The maximum absolute atomic E-state index is 13.9. The van der Waals surface area contributed by atoms with Gasteiger partial charge in [-0.2, -0.15) is 0 Å². The van der Waals surface area contributed by atoms with Gasteiger partial charge in [0.2, 0.25) is 0 Å². The van der Waals surface area contributed by atoms with Gasteiger partial charge in [-0.1, -0.05) is 26.0 Å². The molecule has 0 heterocycles. The molecular weight excluding hydrogens is 229 g/mol. The average Bonchev–Trinajstić information content (AvgIpc) is 2.36. The first-order valence-electron chi connectivity index (χ1n) is 6.72. The molecule has 2 unspecified atom stereocenters. The van der Waals surface area contributed by atoms with Crippen molar-refractivity contribution in [3.8, 4) is 5.75 Å². The number of ether oxygens (including phenoxy) is 1. The van der Waals surface area contributed by atoms with E-state index in [0.717, 1.165) is 19.3 Å². The molecule has 1 aliphatic carbocycles. The van der Waals surface area contributed by atoms with Gasteiger partial charge in [0.25, 0.3) is 0 Å². The molecule has 1 aromatic rings. The lowest BCUT2D eigenvalue weighted by Gasteiger charge is -2.53. The Labute approximate surface area is 108 Å². The van der Waals surface area contributed by atoms with Gasteiger partial charge in [0.05, 0.1) is 0 Å². The van der Waals surface area contributed by atoms with Gasteiger partial charge in [-0.3, -0.25) is 0 Å². The van der Waals surface area contributed by atoms with E-state index in [1.807, 2.05) is 6.07 Å². The summed E-state index contributed by atoms with van der Waals surface area (Å²) in [6.45, 7) is 6.01. The smallest absolute Gasteiger partial charge is 0.167 e. The van der Waals surface area contributed by atoms with Crippen LogP contribution in [0.3, 0.4) is 0 Å². The van der Waals surface area contributed by atoms with Crippen LogP contribution in [0, 0.1) is 18.2 Å². The summed E-state index contributed by atoms with van der Waals surface area (Å²) in [5.41, 5.74) is 6.75. The molecule has 3 heteroatoms. The van der Waals surface area contributed by atoms with Gasteiger partial charge < -0.3 is 10.5 Å². The molecule has 1 saturated carbocycles. The van der Waals surface area contributed by atoms with E-state index in [1.165, 1.54) is 0 Å². The van der Waals surface area contributed by atoms with Gasteiger partial charge in [-0.05, 0) is 31.4 Å². The van der Waals surface area contributed by atoms with Crippen LogP contribution in [0.4, 0.5) is 4.39 Å². The van der Waals surface area contributed by atoms with Crippen LogP contribution in [0.15, 0.2) is 18.2 Å². The third-order valence-corrected chi connectivity index (χ3v) is 4.59. The molecule has 1 aromatic carbocycles. The third-order valence-electron chi connectivity index (χ3n) is 4.59. The summed E-state index contributed by atoms with van der Waals surface area (Å²) in [6.07, 6.45) is 2.81. The second kappa shape index (κ2) is 4.88. The van der Waals surface area contributed by atoms with Crippen LogP contribution in [-0.4, -0.2) is 12.1 Å². The second-order valence-electron chi connectivity index (χ2n) is 5.28. The summed E-state index contributed by atoms with van der Waals surface area (Å²) < 4.78 is 19.8. The Hall–Kier alpha value is -1.09. The number of hydrogen-bond donors (Lipinski definition) is 1. The standard InChI is InChI=1S/C15H22FNO/c1-4-15(5-2)12(17)9-13(15)18-11-8-6-7-10(3)14(11)16/h6-8,12-13H,4-5,9,17H2,1-3H3. The van der Waals surface area contributed by atoms with Crippen LogP contribution >= 0.6 is 0 Å². The zero-order valence-electron chi connectivity index (χ0n) is 11.4. The largest absolute Gasteiger partial charge is 0.487 e. The minimum absolute atomic E-state index is 0.0101. The Morgan fingerprint density at radius 2 is 2.06 bits per heavy atom. The van der Waals surface area contributed by atoms with Crippen molar-refractivity contribution in [2.75, 3.05) is 0 Å². The van der Waals surface area contributed by atoms with Gasteiger partial charge in [0.15, 0.2) is 11.6 Å². The third kappa shape index (κ3) is 1.91. The molecular formula is C15H22FNO. The number of aryl methyl sites for hydroxylation is 1. The fourth-order valence-corrected chi connectivity index (χ4v) is 3.04. The van der Waals surface area contributed by atoms with Crippen LogP contribution in [0.25, 0.3) is 0 Å². The van der Waals surface area contributed by atoms with Gasteiger partial charge in [0, 0.05) is 17.9 Å². The van der Waals surface area contributed by atoms with Gasteiger partial charge >= 0.3 is 0 Å². The number of halogens is 1. The highest BCUT2D eigenvalue weighted by atomic mass is 19.1. The maximum atomic E-state index is 13.9. The minimum atomic E-state index is -0.251. The Bertz CT molecular complexity index is 429. The highest BCUT2D eigenvalue weighted by molar-refractivity contribution is 5.31. The highest BCUT2D eigenvalue weighted by Crippen LogP contribution is 2.48. The lowest BCUT2D eigenvalue weighted by Crippen LogP contribution is -2.63. The molecule has 2 rings (SSSR count). The lowest BCUT2D eigenvalue weighted by atomic mass is 9.59. The van der Waals surface area contributed by atoms with E-state index in [4.69, 9.17) is 10.5 Å². The van der Waals surface area contributed by atoms with Gasteiger partial charge in [-0.25, -0.2) is 4.39 Å². The summed E-state index contributed by atoms with van der Waals surface area (Å²) in [4.78, 5) is 0. The summed E-state index contributed by atoms with van der Waals surface area (Å²) in [6, 6.07) is 5.45. The van der Waals surface area contributed by atoms with Crippen molar-refractivity contribution in [1.82, 2.24) is 0 Å². The molecule has 18 heavy (non-hydrogen) atoms. The Morgan fingerprint density at radius 3 is 2.61 bits per heavy atom. The van der Waals surface area contributed by atoms with Gasteiger partial charge in [0.1, 0.15) is 6.10 Å². The summed E-state index contributed by atoms with van der Waals surface area (Å²) in [7, 11) is 0. The normalized spacial score (nSPS) is 25.6. The average molecular weight is 251 g/mol. The monoisotopic (exact) mass is 251 g/mol. The molecule has 0 amide bonds. The van der Waals surface area contributed by atoms with Crippen molar-refractivity contribution in [2.24, 2.45) is 11.1 Å². The summed E-state index contributed by atoms with van der Waals surface area (Å²) in [5.74, 6) is 0.109. The first kappa shape index (κ1) is 13.3. The predicted molar refractivity (Wildman–Crippen MR) is 71.2 cm³/mol. The number of hydrogen-bond acceptors (Lipinski definition) is 2. The molecule has 100 valence electrons. The maximum Gasteiger partial charge on any atom is 0.167 e. The zero-order valence-corrected chi connectivity index (χ0v) is 11.4. The summed E-state index contributed by atoms with van der Waals surface area (Å²) >= 11 is 0. The molecule has 0 saturated heterocycles. The molecule has 0 bridgehead atoms. The van der Waals surface area contributed by atoms with Crippen molar-refractivity contribution in [1.29, 1.82) is 0 Å². The van der Waals surface area contributed by atoms with Crippen LogP contribution in [0.2, 0.25) is 0 Å². The molecule has 2 atom stereocenters. The first-order chi connectivity index (χ1) is 8.55. The van der Waals surface area contributed by atoms with E-state index in [2.05, 4.69) is 13.8 Å². The minimum Gasteiger partial charge on any atom is -0.487 e. The lowest BCUT2D eigenvalue weighted by molar-refractivity contribution is -0.0738. The van der Waals surface area contributed by atoms with Crippen LogP contribution in [-0.2, 0) is 0 Å². The van der Waals surface area contributed by atoms with E-state index in [1.54, 1.807) is 19.1 Å². The fourth-order valence-electron chi connectivity index (χ4n) is 3.04. The van der Waals surface area contributed by atoms with E-state index >= 15 is 0 Å². The van der Waals surface area contributed by atoms with Crippen LogP contribution < -0.4 is 10.5 Å². The predicted octanol–water partition coefficient (Wildman–Crippen LogP) is 3.42. The highest BCUT2D eigenvalue weighted by Gasteiger charge is 2.52. The van der Waals surface area contributed by atoms with E-state index < -0.39 is 0 Å². The molecule has 0 spiro atoms.